The molecule has 2 bridgehead atoms. The van der Waals surface area contributed by atoms with Crippen molar-refractivity contribution in [3.63, 3.8) is 0 Å². The first-order valence-electron chi connectivity index (χ1n) is 4.57. The Labute approximate surface area is 82.8 Å². The predicted octanol–water partition coefficient (Wildman–Crippen LogP) is 0.662. The van der Waals surface area contributed by atoms with E-state index in [0.717, 1.165) is 0 Å². The van der Waals surface area contributed by atoms with E-state index in [1.165, 1.54) is 14.2 Å². The molecule has 0 radical (unpaired) electrons. The number of hydrogen-bond donors (Lipinski definition) is 0. The lowest BCUT2D eigenvalue weighted by Gasteiger charge is -2.41. The van der Waals surface area contributed by atoms with Gasteiger partial charge in [-0.05, 0) is 6.92 Å². The van der Waals surface area contributed by atoms with Gasteiger partial charge < -0.3 is 14.2 Å². The Morgan fingerprint density at radius 1 is 1.50 bits per heavy atom. The van der Waals surface area contributed by atoms with Crippen molar-refractivity contribution in [3.05, 3.63) is 12.2 Å². The maximum atomic E-state index is 11.9. The molecule has 0 N–H and O–H groups in total. The first-order valence-corrected chi connectivity index (χ1v) is 4.57. The zero-order valence-corrected chi connectivity index (χ0v) is 8.57. The summed E-state index contributed by atoms with van der Waals surface area (Å²) in [5.41, 5.74) is -0.470. The Hall–Kier alpha value is -0.710. The molecule has 0 spiro atoms. The van der Waals surface area contributed by atoms with E-state index in [-0.39, 0.29) is 5.78 Å². The van der Waals surface area contributed by atoms with Gasteiger partial charge in [0, 0.05) is 20.6 Å². The van der Waals surface area contributed by atoms with Crippen LogP contribution in [0.3, 0.4) is 0 Å². The van der Waals surface area contributed by atoms with Gasteiger partial charge in [-0.15, -0.1) is 0 Å². The van der Waals surface area contributed by atoms with E-state index in [1.54, 1.807) is 0 Å². The summed E-state index contributed by atoms with van der Waals surface area (Å²) in [5, 5.41) is 0. The van der Waals surface area contributed by atoms with Gasteiger partial charge in [0.2, 0.25) is 0 Å². The lowest BCUT2D eigenvalue weighted by Crippen LogP contribution is -2.58. The lowest BCUT2D eigenvalue weighted by atomic mass is 9.93. The molecule has 2 rings (SSSR count). The Kier molecular flexibility index (Phi) is 2.03. The van der Waals surface area contributed by atoms with E-state index in [4.69, 9.17) is 14.2 Å². The minimum atomic E-state index is -1.24. The fourth-order valence-electron chi connectivity index (χ4n) is 2.11. The minimum Gasteiger partial charge on any atom is -0.357 e. The van der Waals surface area contributed by atoms with Crippen molar-refractivity contribution in [1.29, 1.82) is 0 Å². The zero-order valence-electron chi connectivity index (χ0n) is 8.57. The van der Waals surface area contributed by atoms with Crippen LogP contribution in [-0.4, -0.2) is 37.5 Å². The van der Waals surface area contributed by atoms with Crippen LogP contribution >= 0.6 is 0 Å². The number of carbonyl (C=O) groups is 1. The molecule has 1 saturated heterocycles. The summed E-state index contributed by atoms with van der Waals surface area (Å²) in [6, 6.07) is 0. The quantitative estimate of drug-likeness (QED) is 0.483. The van der Waals surface area contributed by atoms with Gasteiger partial charge in [0.1, 0.15) is 6.10 Å². The van der Waals surface area contributed by atoms with E-state index in [0.29, 0.717) is 6.42 Å². The molecular weight excluding hydrogens is 184 g/mol. The molecular formula is C10H14O4. The molecule has 1 fully saturated rings. The number of rotatable bonds is 2. The van der Waals surface area contributed by atoms with Gasteiger partial charge in [0.05, 0.1) is 5.60 Å². The largest absolute Gasteiger partial charge is 0.357 e. The minimum absolute atomic E-state index is 0.0637. The molecule has 78 valence electrons. The van der Waals surface area contributed by atoms with Crippen LogP contribution in [0, 0.1) is 0 Å². The first-order chi connectivity index (χ1) is 6.56. The summed E-state index contributed by atoms with van der Waals surface area (Å²) in [5.74, 6) is -1.31. The average Bonchev–Trinajstić information content (AvgIpc) is 2.47. The molecule has 0 saturated carbocycles. The highest BCUT2D eigenvalue weighted by Gasteiger charge is 2.57. The van der Waals surface area contributed by atoms with Crippen LogP contribution in [0.25, 0.3) is 0 Å². The molecule has 0 aromatic heterocycles. The van der Waals surface area contributed by atoms with Crippen molar-refractivity contribution in [3.8, 4) is 0 Å². The fourth-order valence-corrected chi connectivity index (χ4v) is 2.11. The van der Waals surface area contributed by atoms with E-state index < -0.39 is 17.5 Å². The van der Waals surface area contributed by atoms with E-state index in [1.807, 2.05) is 19.1 Å². The summed E-state index contributed by atoms with van der Waals surface area (Å²) in [6.45, 7) is 1.89. The Balaban J connectivity index is 2.37. The summed E-state index contributed by atoms with van der Waals surface area (Å²) < 4.78 is 16.0. The van der Waals surface area contributed by atoms with Gasteiger partial charge in [-0.1, -0.05) is 12.2 Å². The molecule has 4 nitrogen and oxygen atoms in total. The number of fused-ring (bicyclic) bond motifs is 2. The van der Waals surface area contributed by atoms with Crippen molar-refractivity contribution in [2.45, 2.75) is 30.8 Å². The predicted molar refractivity (Wildman–Crippen MR) is 48.8 cm³/mol. The zero-order chi connectivity index (χ0) is 10.4. The van der Waals surface area contributed by atoms with Crippen LogP contribution in [0.15, 0.2) is 12.2 Å². The van der Waals surface area contributed by atoms with E-state index in [2.05, 4.69) is 0 Å². The lowest BCUT2D eigenvalue weighted by molar-refractivity contribution is -0.269. The van der Waals surface area contributed by atoms with Crippen LogP contribution in [0.1, 0.15) is 13.3 Å². The van der Waals surface area contributed by atoms with Gasteiger partial charge in [-0.3, -0.25) is 4.79 Å². The Morgan fingerprint density at radius 3 is 2.71 bits per heavy atom. The third-order valence-corrected chi connectivity index (χ3v) is 2.90. The molecule has 0 aromatic rings. The van der Waals surface area contributed by atoms with Crippen molar-refractivity contribution in [1.82, 2.24) is 0 Å². The molecule has 2 aliphatic heterocycles. The maximum Gasteiger partial charge on any atom is 0.259 e. The van der Waals surface area contributed by atoms with Gasteiger partial charge >= 0.3 is 0 Å². The van der Waals surface area contributed by atoms with E-state index >= 15 is 0 Å². The van der Waals surface area contributed by atoms with Gasteiger partial charge in [-0.25, -0.2) is 0 Å². The van der Waals surface area contributed by atoms with Crippen LogP contribution in [0.4, 0.5) is 0 Å². The Morgan fingerprint density at radius 2 is 2.14 bits per heavy atom. The summed E-state index contributed by atoms with van der Waals surface area (Å²) in [4.78, 5) is 11.9. The highest BCUT2D eigenvalue weighted by Crippen LogP contribution is 2.41. The second-order valence-electron chi connectivity index (χ2n) is 3.89. The van der Waals surface area contributed by atoms with Crippen LogP contribution < -0.4 is 0 Å². The summed E-state index contributed by atoms with van der Waals surface area (Å²) in [6.07, 6.45) is 3.60. The van der Waals surface area contributed by atoms with Crippen molar-refractivity contribution in [2.75, 3.05) is 14.2 Å². The molecule has 0 aliphatic carbocycles. The van der Waals surface area contributed by atoms with E-state index in [9.17, 15) is 4.79 Å². The maximum absolute atomic E-state index is 11.9. The van der Waals surface area contributed by atoms with Crippen molar-refractivity contribution < 1.29 is 19.0 Å². The third kappa shape index (κ3) is 1.08. The van der Waals surface area contributed by atoms with Crippen LogP contribution in [-0.2, 0) is 19.0 Å². The second-order valence-corrected chi connectivity index (χ2v) is 3.89. The smallest absolute Gasteiger partial charge is 0.259 e. The Bertz CT molecular complexity index is 292. The number of carbonyl (C=O) groups excluding carboxylic acids is 1. The number of ketones is 1. The number of hydrogen-bond acceptors (Lipinski definition) is 4. The molecule has 14 heavy (non-hydrogen) atoms. The number of ether oxygens (including phenoxy) is 3. The summed E-state index contributed by atoms with van der Waals surface area (Å²) in [7, 11) is 2.92. The van der Waals surface area contributed by atoms with Crippen LogP contribution in [0.2, 0.25) is 0 Å². The van der Waals surface area contributed by atoms with Gasteiger partial charge in [0.25, 0.3) is 5.79 Å². The third-order valence-electron chi connectivity index (χ3n) is 2.90. The monoisotopic (exact) mass is 198 g/mol. The highest BCUT2D eigenvalue weighted by molar-refractivity contribution is 5.89. The number of Topliss-reactive ketones (excluding diaryl/α,β-unsaturated/α-hetero) is 1. The molecule has 0 amide bonds. The SMILES string of the molecule is COC1(OC)C(=O)CC2(C)C=CC1O2. The number of methoxy groups -OCH3 is 2. The van der Waals surface area contributed by atoms with Gasteiger partial charge in [0.15, 0.2) is 5.78 Å². The second kappa shape index (κ2) is 2.89. The highest BCUT2D eigenvalue weighted by atomic mass is 16.7. The van der Waals surface area contributed by atoms with Crippen LogP contribution in [0.5, 0.6) is 0 Å². The van der Waals surface area contributed by atoms with Gasteiger partial charge in [-0.2, -0.15) is 0 Å². The molecule has 2 aliphatic rings. The molecule has 0 aromatic carbocycles. The fraction of sp³-hybridized carbons (Fsp3) is 0.700. The molecule has 4 heteroatoms. The molecule has 2 heterocycles. The first kappa shape index (κ1) is 9.83. The topological polar surface area (TPSA) is 44.8 Å². The standard InChI is InChI=1S/C10H14O4/c1-9-5-4-8(14-9)10(12-2,13-3)7(11)6-9/h4-5,8H,6H2,1-3H3. The van der Waals surface area contributed by atoms with Crippen molar-refractivity contribution in [2.24, 2.45) is 0 Å². The average molecular weight is 198 g/mol. The molecule has 2 unspecified atom stereocenters. The summed E-state index contributed by atoms with van der Waals surface area (Å²) >= 11 is 0. The normalized spacial score (nSPS) is 39.1. The van der Waals surface area contributed by atoms with Crippen molar-refractivity contribution >= 4 is 5.78 Å². The molecule has 2 atom stereocenters.